The summed E-state index contributed by atoms with van der Waals surface area (Å²) in [6.07, 6.45) is 2.26. The molecule has 0 saturated heterocycles. The Hall–Kier alpha value is -1.36. The molecular weight excluding hydrogens is 184 g/mol. The Morgan fingerprint density at radius 2 is 2.43 bits per heavy atom. The average Bonchev–Trinajstić information content (AvgIpc) is 2.61. The van der Waals surface area contributed by atoms with Gasteiger partial charge in [0.25, 0.3) is 0 Å². The summed E-state index contributed by atoms with van der Waals surface area (Å²) in [5.74, 6) is 0.292. The van der Waals surface area contributed by atoms with Crippen LogP contribution in [0.15, 0.2) is 12.5 Å². The van der Waals surface area contributed by atoms with Crippen molar-refractivity contribution in [2.75, 3.05) is 6.61 Å². The number of carbonyl (C=O) groups excluding carboxylic acids is 1. The van der Waals surface area contributed by atoms with Gasteiger partial charge in [0.05, 0.1) is 25.1 Å². The van der Waals surface area contributed by atoms with Crippen molar-refractivity contribution >= 4 is 6.09 Å². The fourth-order valence-electron chi connectivity index (χ4n) is 0.911. The highest BCUT2D eigenvalue weighted by Crippen LogP contribution is 2.01. The lowest BCUT2D eigenvalue weighted by Crippen LogP contribution is -2.17. The van der Waals surface area contributed by atoms with Crippen LogP contribution in [-0.2, 0) is 11.3 Å². The zero-order valence-electron chi connectivity index (χ0n) is 8.30. The van der Waals surface area contributed by atoms with E-state index in [-0.39, 0.29) is 6.61 Å². The molecule has 78 valence electrons. The van der Waals surface area contributed by atoms with E-state index >= 15 is 0 Å². The number of carbonyl (C=O) groups is 1. The van der Waals surface area contributed by atoms with Gasteiger partial charge in [-0.05, 0) is 5.92 Å². The van der Waals surface area contributed by atoms with Crippen LogP contribution in [0, 0.1) is 5.92 Å². The molecule has 5 heteroatoms. The first-order valence-electron chi connectivity index (χ1n) is 4.44. The Bertz CT molecular complexity index is 307. The van der Waals surface area contributed by atoms with Crippen LogP contribution in [0.5, 0.6) is 0 Å². The zero-order valence-corrected chi connectivity index (χ0v) is 8.30. The summed E-state index contributed by atoms with van der Waals surface area (Å²) in [6, 6.07) is 0. The van der Waals surface area contributed by atoms with Crippen LogP contribution in [0.2, 0.25) is 0 Å². The van der Waals surface area contributed by atoms with Gasteiger partial charge in [-0.3, -0.25) is 0 Å². The van der Waals surface area contributed by atoms with E-state index in [9.17, 15) is 4.79 Å². The second-order valence-electron chi connectivity index (χ2n) is 3.38. The largest absolute Gasteiger partial charge is 0.449 e. The van der Waals surface area contributed by atoms with Crippen molar-refractivity contribution in [1.29, 1.82) is 0 Å². The van der Waals surface area contributed by atoms with Crippen LogP contribution >= 0.6 is 0 Å². The third-order valence-corrected chi connectivity index (χ3v) is 1.61. The van der Waals surface area contributed by atoms with Crippen molar-refractivity contribution in [2.45, 2.75) is 20.5 Å². The summed E-state index contributed by atoms with van der Waals surface area (Å²) in [4.78, 5) is 15.1. The molecule has 0 fully saturated rings. The molecule has 1 aromatic rings. The van der Waals surface area contributed by atoms with Gasteiger partial charge in [0.15, 0.2) is 0 Å². The highest BCUT2D eigenvalue weighted by molar-refractivity contribution is 5.71. The Balaban J connectivity index is 2.60. The van der Waals surface area contributed by atoms with Crippen LogP contribution in [-0.4, -0.2) is 27.4 Å². The lowest BCUT2D eigenvalue weighted by molar-refractivity contribution is 0.132. The van der Waals surface area contributed by atoms with E-state index in [1.165, 1.54) is 17.1 Å². The van der Waals surface area contributed by atoms with Crippen LogP contribution < -0.4 is 0 Å². The third kappa shape index (κ3) is 2.56. The number of imidazole rings is 1. The number of aliphatic hydroxyl groups excluding tert-OH is 1. The van der Waals surface area contributed by atoms with Crippen LogP contribution in [0.25, 0.3) is 0 Å². The molecular formula is C9H14N2O3. The monoisotopic (exact) mass is 198 g/mol. The normalized spacial score (nSPS) is 10.6. The predicted octanol–water partition coefficient (Wildman–Crippen LogP) is 1.02. The topological polar surface area (TPSA) is 64.4 Å². The molecule has 0 atom stereocenters. The first kappa shape index (κ1) is 10.7. The summed E-state index contributed by atoms with van der Waals surface area (Å²) in [5.41, 5.74) is 0.429. The van der Waals surface area contributed by atoms with E-state index in [0.717, 1.165) is 0 Å². The van der Waals surface area contributed by atoms with Gasteiger partial charge in [0, 0.05) is 0 Å². The Morgan fingerprint density at radius 3 is 3.00 bits per heavy atom. The smallest absolute Gasteiger partial charge is 0.419 e. The Kier molecular flexibility index (Phi) is 3.64. The second kappa shape index (κ2) is 4.76. The lowest BCUT2D eigenvalue weighted by Gasteiger charge is -2.08. The minimum atomic E-state index is -0.500. The van der Waals surface area contributed by atoms with Crippen molar-refractivity contribution in [2.24, 2.45) is 5.92 Å². The second-order valence-corrected chi connectivity index (χ2v) is 3.38. The molecule has 1 rings (SSSR count). The maximum Gasteiger partial charge on any atom is 0.419 e. The van der Waals surface area contributed by atoms with Gasteiger partial charge < -0.3 is 9.84 Å². The van der Waals surface area contributed by atoms with Gasteiger partial charge in [-0.25, -0.2) is 14.3 Å². The first-order valence-corrected chi connectivity index (χ1v) is 4.44. The Morgan fingerprint density at radius 1 is 1.71 bits per heavy atom. The zero-order chi connectivity index (χ0) is 10.6. The van der Waals surface area contributed by atoms with Crippen molar-refractivity contribution in [3.05, 3.63) is 18.2 Å². The van der Waals surface area contributed by atoms with Crippen LogP contribution in [0.3, 0.4) is 0 Å². The fourth-order valence-corrected chi connectivity index (χ4v) is 0.911. The molecule has 0 radical (unpaired) electrons. The van der Waals surface area contributed by atoms with E-state index in [1.807, 2.05) is 13.8 Å². The molecule has 0 saturated carbocycles. The minimum absolute atomic E-state index is 0.225. The molecule has 1 N–H and O–H groups in total. The molecule has 0 bridgehead atoms. The maximum absolute atomic E-state index is 11.4. The van der Waals surface area contributed by atoms with Crippen molar-refractivity contribution in [3.63, 3.8) is 0 Å². The maximum atomic E-state index is 11.4. The molecule has 0 amide bonds. The molecule has 0 aliphatic rings. The molecule has 5 nitrogen and oxygen atoms in total. The van der Waals surface area contributed by atoms with E-state index in [2.05, 4.69) is 4.98 Å². The van der Waals surface area contributed by atoms with Crippen molar-refractivity contribution < 1.29 is 14.6 Å². The SMILES string of the molecule is CC(C)COC(=O)n1cncc1CO. The van der Waals surface area contributed by atoms with Crippen molar-refractivity contribution in [3.8, 4) is 0 Å². The number of rotatable bonds is 3. The molecule has 0 aliphatic carbocycles. The summed E-state index contributed by atoms with van der Waals surface area (Å²) < 4.78 is 6.16. The minimum Gasteiger partial charge on any atom is -0.449 e. The molecule has 0 unspecified atom stereocenters. The van der Waals surface area contributed by atoms with Crippen LogP contribution in [0.1, 0.15) is 19.5 Å². The van der Waals surface area contributed by atoms with Gasteiger partial charge in [0.2, 0.25) is 0 Å². The molecule has 0 spiro atoms. The number of aliphatic hydroxyl groups is 1. The predicted molar refractivity (Wildman–Crippen MR) is 49.7 cm³/mol. The van der Waals surface area contributed by atoms with Gasteiger partial charge >= 0.3 is 6.09 Å². The summed E-state index contributed by atoms with van der Waals surface area (Å²) in [5, 5.41) is 8.87. The first-order chi connectivity index (χ1) is 6.65. The Labute approximate surface area is 82.3 Å². The molecule has 1 heterocycles. The highest BCUT2D eigenvalue weighted by Gasteiger charge is 2.10. The number of nitrogens with zero attached hydrogens (tertiary/aromatic N) is 2. The fraction of sp³-hybridized carbons (Fsp3) is 0.556. The quantitative estimate of drug-likeness (QED) is 0.787. The summed E-state index contributed by atoms with van der Waals surface area (Å²) in [7, 11) is 0. The number of ether oxygens (including phenoxy) is 1. The average molecular weight is 198 g/mol. The molecule has 0 aliphatic heterocycles. The van der Waals surface area contributed by atoms with Gasteiger partial charge in [-0.1, -0.05) is 13.8 Å². The van der Waals surface area contributed by atoms with E-state index < -0.39 is 6.09 Å². The highest BCUT2D eigenvalue weighted by atomic mass is 16.5. The molecule has 14 heavy (non-hydrogen) atoms. The molecule has 0 aromatic carbocycles. The van der Waals surface area contributed by atoms with E-state index in [4.69, 9.17) is 9.84 Å². The molecule has 1 aromatic heterocycles. The third-order valence-electron chi connectivity index (χ3n) is 1.61. The number of hydrogen-bond acceptors (Lipinski definition) is 4. The number of aromatic nitrogens is 2. The van der Waals surface area contributed by atoms with Crippen LogP contribution in [0.4, 0.5) is 4.79 Å². The summed E-state index contributed by atoms with van der Waals surface area (Å²) in [6.45, 7) is 4.04. The van der Waals surface area contributed by atoms with E-state index in [0.29, 0.717) is 18.2 Å². The van der Waals surface area contributed by atoms with Crippen molar-refractivity contribution in [1.82, 2.24) is 9.55 Å². The van der Waals surface area contributed by atoms with Gasteiger partial charge in [0.1, 0.15) is 6.33 Å². The number of hydrogen-bond donors (Lipinski definition) is 1. The summed E-state index contributed by atoms with van der Waals surface area (Å²) >= 11 is 0. The van der Waals surface area contributed by atoms with E-state index in [1.54, 1.807) is 0 Å². The van der Waals surface area contributed by atoms with Gasteiger partial charge in [-0.2, -0.15) is 0 Å². The van der Waals surface area contributed by atoms with Gasteiger partial charge in [-0.15, -0.1) is 0 Å². The standard InChI is InChI=1S/C9H14N2O3/c1-7(2)5-14-9(13)11-6-10-3-8(11)4-12/h3,6-7,12H,4-5H2,1-2H3. The lowest BCUT2D eigenvalue weighted by atomic mass is 10.2.